The highest BCUT2D eigenvalue weighted by Gasteiger charge is 1.98. The van der Waals surface area contributed by atoms with Crippen molar-refractivity contribution in [2.45, 2.75) is 13.3 Å². The Balaban J connectivity index is 2.76. The molecule has 0 atom stereocenters. The second-order valence-corrected chi connectivity index (χ2v) is 3.03. The lowest BCUT2D eigenvalue weighted by molar-refractivity contribution is -0.139. The zero-order valence-electron chi connectivity index (χ0n) is 8.37. The number of ether oxygens (including phenoxy) is 1. The van der Waals surface area contributed by atoms with E-state index in [0.29, 0.717) is 11.3 Å². The van der Waals surface area contributed by atoms with Gasteiger partial charge in [-0.25, -0.2) is 9.97 Å². The molecule has 0 saturated carbocycles. The van der Waals surface area contributed by atoms with Crippen LogP contribution in [0.2, 0.25) is 5.28 Å². The van der Waals surface area contributed by atoms with E-state index in [1.807, 2.05) is 0 Å². The first kappa shape index (κ1) is 11.5. The number of aromatic nitrogens is 2. The van der Waals surface area contributed by atoms with Crippen LogP contribution in [-0.4, -0.2) is 23.0 Å². The number of nitrogens with zero attached hydrogens (tertiary/aromatic N) is 2. The van der Waals surface area contributed by atoms with Crippen LogP contribution in [0.4, 0.5) is 0 Å². The molecule has 0 aliphatic heterocycles. The number of hydrogen-bond donors (Lipinski definition) is 0. The third-order valence-electron chi connectivity index (χ3n) is 1.63. The predicted molar refractivity (Wildman–Crippen MR) is 55.3 cm³/mol. The van der Waals surface area contributed by atoms with Crippen molar-refractivity contribution in [3.63, 3.8) is 0 Å². The molecule has 4 nitrogen and oxygen atoms in total. The zero-order valence-corrected chi connectivity index (χ0v) is 9.13. The van der Waals surface area contributed by atoms with Crippen LogP contribution in [0.1, 0.15) is 17.7 Å². The minimum atomic E-state index is -0.366. The van der Waals surface area contributed by atoms with Crippen LogP contribution in [0.15, 0.2) is 6.20 Å². The lowest BCUT2D eigenvalue weighted by Crippen LogP contribution is -1.97. The van der Waals surface area contributed by atoms with Crippen molar-refractivity contribution < 1.29 is 9.53 Å². The first-order valence-corrected chi connectivity index (χ1v) is 4.56. The summed E-state index contributed by atoms with van der Waals surface area (Å²) in [7, 11) is 1.32. The second-order valence-electron chi connectivity index (χ2n) is 2.69. The fraction of sp³-hybridized carbons (Fsp3) is 0.300. The van der Waals surface area contributed by atoms with Crippen LogP contribution in [0, 0.1) is 18.8 Å². The van der Waals surface area contributed by atoms with Crippen LogP contribution in [0.5, 0.6) is 0 Å². The number of hydrogen-bond acceptors (Lipinski definition) is 4. The standard InChI is InChI=1S/C10H9ClN2O2/c1-7-8(6-12-10(11)13-7)4-3-5-9(14)15-2/h6H,5H2,1-2H3. The summed E-state index contributed by atoms with van der Waals surface area (Å²) >= 11 is 5.58. The molecule has 0 N–H and O–H groups in total. The highest BCUT2D eigenvalue weighted by Crippen LogP contribution is 2.05. The Bertz CT molecular complexity index is 435. The molecule has 1 aromatic rings. The van der Waals surface area contributed by atoms with E-state index in [2.05, 4.69) is 26.5 Å². The SMILES string of the molecule is COC(=O)CC#Cc1cnc(Cl)nc1C. The van der Waals surface area contributed by atoms with E-state index < -0.39 is 0 Å². The van der Waals surface area contributed by atoms with Gasteiger partial charge in [-0.3, -0.25) is 4.79 Å². The molecule has 0 aliphatic rings. The molecule has 0 radical (unpaired) electrons. The average molecular weight is 225 g/mol. The van der Waals surface area contributed by atoms with Gasteiger partial charge >= 0.3 is 5.97 Å². The molecule has 0 aromatic carbocycles. The van der Waals surface area contributed by atoms with Crippen LogP contribution in [-0.2, 0) is 9.53 Å². The zero-order chi connectivity index (χ0) is 11.3. The van der Waals surface area contributed by atoms with E-state index in [1.165, 1.54) is 13.3 Å². The molecule has 0 aliphatic carbocycles. The van der Waals surface area contributed by atoms with Gasteiger partial charge in [0, 0.05) is 6.20 Å². The summed E-state index contributed by atoms with van der Waals surface area (Å²) in [4.78, 5) is 18.5. The van der Waals surface area contributed by atoms with E-state index in [4.69, 9.17) is 11.6 Å². The Morgan fingerprint density at radius 2 is 2.40 bits per heavy atom. The molecule has 5 heteroatoms. The van der Waals surface area contributed by atoms with Crippen molar-refractivity contribution >= 4 is 17.6 Å². The normalized spacial score (nSPS) is 9.00. The van der Waals surface area contributed by atoms with Gasteiger partial charge in [-0.1, -0.05) is 11.8 Å². The topological polar surface area (TPSA) is 52.1 Å². The lowest BCUT2D eigenvalue weighted by Gasteiger charge is -1.95. The summed E-state index contributed by atoms with van der Waals surface area (Å²) in [5.74, 6) is 5.07. The summed E-state index contributed by atoms with van der Waals surface area (Å²) < 4.78 is 4.44. The van der Waals surface area contributed by atoms with Gasteiger partial charge in [0.25, 0.3) is 0 Å². The quantitative estimate of drug-likeness (QED) is 0.411. The maximum Gasteiger partial charge on any atom is 0.317 e. The van der Waals surface area contributed by atoms with Gasteiger partial charge in [0.05, 0.1) is 18.4 Å². The van der Waals surface area contributed by atoms with Crippen molar-refractivity contribution in [2.75, 3.05) is 7.11 Å². The first-order valence-electron chi connectivity index (χ1n) is 4.18. The fourth-order valence-electron chi connectivity index (χ4n) is 0.845. The Labute approximate surface area is 92.6 Å². The molecule has 0 unspecified atom stereocenters. The molecule has 78 valence electrons. The summed E-state index contributed by atoms with van der Waals surface area (Å²) in [6.45, 7) is 1.77. The largest absolute Gasteiger partial charge is 0.468 e. The summed E-state index contributed by atoms with van der Waals surface area (Å²) in [6, 6.07) is 0. The Kier molecular flexibility index (Phi) is 4.07. The van der Waals surface area contributed by atoms with Crippen LogP contribution >= 0.6 is 11.6 Å². The van der Waals surface area contributed by atoms with E-state index in [1.54, 1.807) is 6.92 Å². The van der Waals surface area contributed by atoms with Gasteiger partial charge in [0.2, 0.25) is 5.28 Å². The second kappa shape index (κ2) is 5.32. The molecular weight excluding hydrogens is 216 g/mol. The van der Waals surface area contributed by atoms with E-state index in [9.17, 15) is 4.79 Å². The molecule has 1 rings (SSSR count). The summed E-state index contributed by atoms with van der Waals surface area (Å²) in [6.07, 6.45) is 1.58. The van der Waals surface area contributed by atoms with Gasteiger partial charge in [-0.15, -0.1) is 0 Å². The number of carbonyl (C=O) groups is 1. The Morgan fingerprint density at radius 1 is 1.67 bits per heavy atom. The van der Waals surface area contributed by atoms with Crippen LogP contribution < -0.4 is 0 Å². The van der Waals surface area contributed by atoms with Gasteiger partial charge in [-0.05, 0) is 18.5 Å². The summed E-state index contributed by atoms with van der Waals surface area (Å²) in [5.41, 5.74) is 1.34. The Hall–Kier alpha value is -1.60. The highest BCUT2D eigenvalue weighted by molar-refractivity contribution is 6.28. The lowest BCUT2D eigenvalue weighted by atomic mass is 10.2. The van der Waals surface area contributed by atoms with Gasteiger partial charge < -0.3 is 4.74 Å². The number of halogens is 1. The van der Waals surface area contributed by atoms with Crippen LogP contribution in [0.3, 0.4) is 0 Å². The van der Waals surface area contributed by atoms with E-state index in [-0.39, 0.29) is 17.7 Å². The number of esters is 1. The Morgan fingerprint density at radius 3 is 3.00 bits per heavy atom. The monoisotopic (exact) mass is 224 g/mol. The number of methoxy groups -OCH3 is 1. The van der Waals surface area contributed by atoms with Gasteiger partial charge in [0.15, 0.2) is 0 Å². The van der Waals surface area contributed by atoms with E-state index >= 15 is 0 Å². The van der Waals surface area contributed by atoms with Crippen molar-refractivity contribution in [3.05, 3.63) is 22.7 Å². The maximum atomic E-state index is 10.8. The minimum Gasteiger partial charge on any atom is -0.468 e. The van der Waals surface area contributed by atoms with Gasteiger partial charge in [-0.2, -0.15) is 0 Å². The molecule has 0 saturated heterocycles. The van der Waals surface area contributed by atoms with Crippen molar-refractivity contribution in [1.29, 1.82) is 0 Å². The van der Waals surface area contributed by atoms with Crippen molar-refractivity contribution in [3.8, 4) is 11.8 Å². The summed E-state index contributed by atoms with van der Waals surface area (Å²) in [5, 5.41) is 0.186. The average Bonchev–Trinajstić information content (AvgIpc) is 2.21. The molecule has 1 aromatic heterocycles. The third-order valence-corrected chi connectivity index (χ3v) is 1.82. The third kappa shape index (κ3) is 3.56. The molecule has 1 heterocycles. The number of aryl methyl sites for hydroxylation is 1. The first-order chi connectivity index (χ1) is 7.13. The van der Waals surface area contributed by atoms with Gasteiger partial charge in [0.1, 0.15) is 6.42 Å². The molecule has 0 fully saturated rings. The molecule has 0 bridgehead atoms. The molecule has 0 amide bonds. The minimum absolute atomic E-state index is 0.0541. The smallest absolute Gasteiger partial charge is 0.317 e. The number of carbonyl (C=O) groups excluding carboxylic acids is 1. The molecule has 0 spiro atoms. The van der Waals surface area contributed by atoms with Crippen molar-refractivity contribution in [1.82, 2.24) is 9.97 Å². The van der Waals surface area contributed by atoms with E-state index in [0.717, 1.165) is 0 Å². The number of rotatable bonds is 1. The fourth-order valence-corrected chi connectivity index (χ4v) is 1.02. The maximum absolute atomic E-state index is 10.8. The molecular formula is C10H9ClN2O2. The van der Waals surface area contributed by atoms with Crippen LogP contribution in [0.25, 0.3) is 0 Å². The van der Waals surface area contributed by atoms with Crippen molar-refractivity contribution in [2.24, 2.45) is 0 Å². The molecule has 15 heavy (non-hydrogen) atoms. The predicted octanol–water partition coefficient (Wildman–Crippen LogP) is 1.35. The highest BCUT2D eigenvalue weighted by atomic mass is 35.5.